The number of carbonyl (C=O) groups is 1. The van der Waals surface area contributed by atoms with Crippen LogP contribution in [0.4, 0.5) is 0 Å². The first-order valence-electron chi connectivity index (χ1n) is 6.40. The number of hydrogen-bond donors (Lipinski definition) is 0. The number of hydrogen-bond acceptors (Lipinski definition) is 1. The van der Waals surface area contributed by atoms with E-state index in [2.05, 4.69) is 27.4 Å². The minimum Gasteiger partial charge on any atom is -0.290 e. The zero-order valence-electron chi connectivity index (χ0n) is 10.9. The Labute approximate surface area is 99.6 Å². The lowest BCUT2D eigenvalue weighted by molar-refractivity contribution is -0.112. The summed E-state index contributed by atoms with van der Waals surface area (Å²) < 4.78 is 0. The van der Waals surface area contributed by atoms with Gasteiger partial charge in [-0.3, -0.25) is 4.79 Å². The highest BCUT2D eigenvalue weighted by Crippen LogP contribution is 2.39. The summed E-state index contributed by atoms with van der Waals surface area (Å²) in [6.07, 6.45) is 8.78. The van der Waals surface area contributed by atoms with Gasteiger partial charge in [0, 0.05) is 0 Å². The maximum atomic E-state index is 11.6. The number of ketones is 1. The summed E-state index contributed by atoms with van der Waals surface area (Å²) in [5.74, 6) is 0.143. The van der Waals surface area contributed by atoms with Gasteiger partial charge >= 0.3 is 0 Å². The topological polar surface area (TPSA) is 17.1 Å². The van der Waals surface area contributed by atoms with Gasteiger partial charge in [-0.2, -0.15) is 0 Å². The van der Waals surface area contributed by atoms with E-state index in [4.69, 9.17) is 0 Å². The van der Waals surface area contributed by atoms with Crippen molar-refractivity contribution >= 4 is 5.78 Å². The van der Waals surface area contributed by atoms with Crippen LogP contribution in [0.25, 0.3) is 0 Å². The van der Waals surface area contributed by atoms with Crippen LogP contribution in [0.3, 0.4) is 0 Å². The van der Waals surface area contributed by atoms with Gasteiger partial charge in [-0.05, 0) is 36.3 Å². The van der Waals surface area contributed by atoms with Crippen molar-refractivity contribution in [1.29, 1.82) is 0 Å². The summed E-state index contributed by atoms with van der Waals surface area (Å²) >= 11 is 0. The molecule has 1 rings (SSSR count). The third-order valence-corrected chi connectivity index (χ3v) is 3.48. The minimum atomic E-state index is 0.136. The molecule has 0 aliphatic heterocycles. The molecule has 1 nitrogen and oxygen atoms in total. The van der Waals surface area contributed by atoms with Gasteiger partial charge in [0.05, 0.1) is 0 Å². The van der Waals surface area contributed by atoms with Crippen LogP contribution >= 0.6 is 0 Å². The van der Waals surface area contributed by atoms with E-state index in [1.807, 2.05) is 6.08 Å². The molecule has 0 heterocycles. The minimum absolute atomic E-state index is 0.136. The fraction of sp³-hybridized carbons (Fsp3) is 0.667. The van der Waals surface area contributed by atoms with Crippen LogP contribution in [-0.2, 0) is 4.79 Å². The molecule has 0 radical (unpaired) electrons. The summed E-state index contributed by atoms with van der Waals surface area (Å²) in [6, 6.07) is 0. The first kappa shape index (κ1) is 13.2. The van der Waals surface area contributed by atoms with E-state index < -0.39 is 0 Å². The molecule has 0 aromatic heterocycles. The van der Waals surface area contributed by atoms with Gasteiger partial charge in [0.15, 0.2) is 5.78 Å². The molecule has 0 fully saturated rings. The predicted molar refractivity (Wildman–Crippen MR) is 69.4 cm³/mol. The Hall–Kier alpha value is -0.850. The summed E-state index contributed by atoms with van der Waals surface area (Å²) in [4.78, 5) is 11.6. The van der Waals surface area contributed by atoms with E-state index in [1.165, 1.54) is 31.3 Å². The molecule has 1 heteroatoms. The van der Waals surface area contributed by atoms with Crippen LogP contribution in [0, 0.1) is 5.41 Å². The van der Waals surface area contributed by atoms with Gasteiger partial charge in [-0.15, -0.1) is 0 Å². The molecule has 1 aliphatic carbocycles. The Bertz CT molecular complexity index is 307. The second kappa shape index (κ2) is 5.47. The van der Waals surface area contributed by atoms with Gasteiger partial charge in [0.2, 0.25) is 0 Å². The third-order valence-electron chi connectivity index (χ3n) is 3.48. The quantitative estimate of drug-likeness (QED) is 0.494. The SMILES string of the molecule is C=C1CC(C)(C)C(CCCCCC)=CC1=O. The largest absolute Gasteiger partial charge is 0.290 e. The zero-order valence-corrected chi connectivity index (χ0v) is 10.9. The van der Waals surface area contributed by atoms with E-state index in [0.717, 1.165) is 18.4 Å². The lowest BCUT2D eigenvalue weighted by Gasteiger charge is -2.32. The van der Waals surface area contributed by atoms with Crippen molar-refractivity contribution in [1.82, 2.24) is 0 Å². The number of allylic oxidation sites excluding steroid dienone is 3. The average molecular weight is 220 g/mol. The molecular weight excluding hydrogens is 196 g/mol. The molecule has 0 aromatic rings. The first-order valence-corrected chi connectivity index (χ1v) is 6.40. The highest BCUT2D eigenvalue weighted by molar-refractivity contribution is 6.05. The second-order valence-electron chi connectivity index (χ2n) is 5.51. The molecule has 0 N–H and O–H groups in total. The third kappa shape index (κ3) is 3.33. The Balaban J connectivity index is 2.59. The van der Waals surface area contributed by atoms with E-state index in [-0.39, 0.29) is 11.2 Å². The lowest BCUT2D eigenvalue weighted by atomic mass is 9.72. The summed E-state index contributed by atoms with van der Waals surface area (Å²) in [5.41, 5.74) is 2.22. The summed E-state index contributed by atoms with van der Waals surface area (Å²) in [7, 11) is 0. The van der Waals surface area contributed by atoms with Crippen LogP contribution in [0.1, 0.15) is 59.3 Å². The van der Waals surface area contributed by atoms with Crippen LogP contribution in [0.15, 0.2) is 23.8 Å². The maximum absolute atomic E-state index is 11.6. The van der Waals surface area contributed by atoms with Crippen molar-refractivity contribution in [2.45, 2.75) is 59.3 Å². The maximum Gasteiger partial charge on any atom is 0.181 e. The molecule has 0 amide bonds. The number of unbranched alkanes of at least 4 members (excludes halogenated alkanes) is 3. The monoisotopic (exact) mass is 220 g/mol. The predicted octanol–water partition coefficient (Wildman–Crippen LogP) is 4.44. The average Bonchev–Trinajstić information content (AvgIpc) is 2.19. The zero-order chi connectivity index (χ0) is 12.2. The standard InChI is InChI=1S/C15H24O/c1-5-6-7-8-9-13-10-14(16)12(2)11-15(13,3)4/h10H,2,5-9,11H2,1,3-4H3. The van der Waals surface area contributed by atoms with Crippen molar-refractivity contribution in [3.05, 3.63) is 23.8 Å². The highest BCUT2D eigenvalue weighted by Gasteiger charge is 2.30. The Morgan fingerprint density at radius 1 is 1.31 bits per heavy atom. The molecule has 0 aromatic carbocycles. The van der Waals surface area contributed by atoms with Crippen molar-refractivity contribution in [2.75, 3.05) is 0 Å². The molecule has 0 saturated carbocycles. The van der Waals surface area contributed by atoms with Crippen LogP contribution < -0.4 is 0 Å². The van der Waals surface area contributed by atoms with E-state index in [9.17, 15) is 4.79 Å². The van der Waals surface area contributed by atoms with E-state index >= 15 is 0 Å². The van der Waals surface area contributed by atoms with Crippen molar-refractivity contribution in [3.8, 4) is 0 Å². The molecule has 1 aliphatic rings. The Kier molecular flexibility index (Phi) is 4.52. The second-order valence-corrected chi connectivity index (χ2v) is 5.51. The fourth-order valence-electron chi connectivity index (χ4n) is 2.34. The van der Waals surface area contributed by atoms with Crippen LogP contribution in [-0.4, -0.2) is 5.78 Å². The molecular formula is C15H24O. The summed E-state index contributed by atoms with van der Waals surface area (Å²) in [6.45, 7) is 10.5. The smallest absolute Gasteiger partial charge is 0.181 e. The van der Waals surface area contributed by atoms with Gasteiger partial charge in [0.25, 0.3) is 0 Å². The first-order chi connectivity index (χ1) is 7.47. The molecule has 0 spiro atoms. The normalized spacial score (nSPS) is 19.8. The Morgan fingerprint density at radius 2 is 2.00 bits per heavy atom. The summed E-state index contributed by atoms with van der Waals surface area (Å²) in [5, 5.41) is 0. The molecule has 16 heavy (non-hydrogen) atoms. The lowest BCUT2D eigenvalue weighted by Crippen LogP contribution is -2.23. The van der Waals surface area contributed by atoms with Gasteiger partial charge in [0.1, 0.15) is 0 Å². The molecule has 0 saturated heterocycles. The van der Waals surface area contributed by atoms with E-state index in [0.29, 0.717) is 0 Å². The van der Waals surface area contributed by atoms with Crippen LogP contribution in [0.5, 0.6) is 0 Å². The van der Waals surface area contributed by atoms with Gasteiger partial charge in [-0.25, -0.2) is 0 Å². The van der Waals surface area contributed by atoms with Crippen molar-refractivity contribution in [2.24, 2.45) is 5.41 Å². The molecule has 0 bridgehead atoms. The Morgan fingerprint density at radius 3 is 2.62 bits per heavy atom. The van der Waals surface area contributed by atoms with Crippen LogP contribution in [0.2, 0.25) is 0 Å². The molecule has 90 valence electrons. The van der Waals surface area contributed by atoms with Gasteiger partial charge in [-0.1, -0.05) is 52.2 Å². The van der Waals surface area contributed by atoms with Crippen molar-refractivity contribution in [3.63, 3.8) is 0 Å². The number of rotatable bonds is 5. The molecule has 0 atom stereocenters. The fourth-order valence-corrected chi connectivity index (χ4v) is 2.34. The highest BCUT2D eigenvalue weighted by atomic mass is 16.1. The number of carbonyl (C=O) groups excluding carboxylic acids is 1. The molecule has 0 unspecified atom stereocenters. The van der Waals surface area contributed by atoms with E-state index in [1.54, 1.807) is 0 Å². The van der Waals surface area contributed by atoms with Gasteiger partial charge < -0.3 is 0 Å². The van der Waals surface area contributed by atoms with Crippen molar-refractivity contribution < 1.29 is 4.79 Å².